The van der Waals surface area contributed by atoms with Crippen LogP contribution in [0.25, 0.3) is 10.9 Å². The molecule has 1 heterocycles. The Morgan fingerprint density at radius 1 is 0.900 bits per heavy atom. The molecule has 0 aliphatic heterocycles. The summed E-state index contributed by atoms with van der Waals surface area (Å²) in [5, 5.41) is 0.586. The lowest BCUT2D eigenvalue weighted by Crippen LogP contribution is -2.05. The highest BCUT2D eigenvalue weighted by Gasteiger charge is 2.21. The third-order valence-electron chi connectivity index (χ3n) is 3.09. The Kier molecular flexibility index (Phi) is 2.99. The molecule has 0 atom stereocenters. The van der Waals surface area contributed by atoms with E-state index in [1.807, 2.05) is 13.0 Å². The number of fused-ring (bicyclic) bond motifs is 1. The highest BCUT2D eigenvalue weighted by molar-refractivity contribution is 7.91. The summed E-state index contributed by atoms with van der Waals surface area (Å²) in [6, 6.07) is 13.8. The highest BCUT2D eigenvalue weighted by atomic mass is 32.2. The first kappa shape index (κ1) is 12.7. The van der Waals surface area contributed by atoms with Crippen LogP contribution in [-0.4, -0.2) is 18.4 Å². The molecule has 0 aliphatic rings. The van der Waals surface area contributed by atoms with Gasteiger partial charge in [0.2, 0.25) is 9.84 Å². The summed E-state index contributed by atoms with van der Waals surface area (Å²) in [6.07, 6.45) is 1.28. The molecule has 3 aromatic rings. The summed E-state index contributed by atoms with van der Waals surface area (Å²) < 4.78 is 25.3. The van der Waals surface area contributed by atoms with Gasteiger partial charge in [0.15, 0.2) is 5.03 Å². The predicted octanol–water partition coefficient (Wildman–Crippen LogP) is 2.77. The smallest absolute Gasteiger partial charge is 0.224 e. The van der Waals surface area contributed by atoms with Crippen LogP contribution >= 0.6 is 0 Å². The average Bonchev–Trinajstić information content (AvgIpc) is 2.47. The molecule has 0 bridgehead atoms. The molecule has 100 valence electrons. The van der Waals surface area contributed by atoms with Gasteiger partial charge in [-0.2, -0.15) is 0 Å². The third-order valence-corrected chi connectivity index (χ3v) is 4.82. The summed E-state index contributed by atoms with van der Waals surface area (Å²) in [5.41, 5.74) is 1.63. The molecule has 4 nitrogen and oxygen atoms in total. The molecule has 3 rings (SSSR count). The Hall–Kier alpha value is -2.27. The zero-order chi connectivity index (χ0) is 14.2. The van der Waals surface area contributed by atoms with E-state index in [0.717, 1.165) is 5.56 Å². The molecule has 0 saturated carbocycles. The normalized spacial score (nSPS) is 11.7. The van der Waals surface area contributed by atoms with Crippen LogP contribution in [0, 0.1) is 6.92 Å². The van der Waals surface area contributed by atoms with Crippen molar-refractivity contribution in [1.29, 1.82) is 0 Å². The topological polar surface area (TPSA) is 59.9 Å². The Morgan fingerprint density at radius 3 is 2.35 bits per heavy atom. The van der Waals surface area contributed by atoms with Crippen LogP contribution in [0.1, 0.15) is 5.56 Å². The van der Waals surface area contributed by atoms with E-state index < -0.39 is 9.84 Å². The predicted molar refractivity (Wildman–Crippen MR) is 76.2 cm³/mol. The van der Waals surface area contributed by atoms with Gasteiger partial charge in [-0.15, -0.1) is 0 Å². The number of aromatic nitrogens is 2. The van der Waals surface area contributed by atoms with Crippen LogP contribution in [-0.2, 0) is 9.84 Å². The maximum atomic E-state index is 12.7. The number of rotatable bonds is 2. The fraction of sp³-hybridized carbons (Fsp3) is 0.0667. The molecular formula is C15H12N2O2S. The van der Waals surface area contributed by atoms with E-state index in [2.05, 4.69) is 9.97 Å². The number of nitrogens with zero attached hydrogens (tertiary/aromatic N) is 2. The number of benzene rings is 2. The lowest BCUT2D eigenvalue weighted by Gasteiger charge is -2.06. The second-order valence-corrected chi connectivity index (χ2v) is 6.38. The van der Waals surface area contributed by atoms with Crippen molar-refractivity contribution in [3.05, 3.63) is 60.4 Å². The van der Waals surface area contributed by atoms with Crippen LogP contribution in [0.5, 0.6) is 0 Å². The van der Waals surface area contributed by atoms with E-state index in [-0.39, 0.29) is 9.92 Å². The largest absolute Gasteiger partial charge is 0.236 e. The second kappa shape index (κ2) is 4.68. The van der Waals surface area contributed by atoms with Crippen LogP contribution < -0.4 is 0 Å². The molecule has 0 spiro atoms. The summed E-state index contributed by atoms with van der Waals surface area (Å²) in [7, 11) is -3.63. The molecule has 20 heavy (non-hydrogen) atoms. The Balaban J connectivity index is 2.27. The summed E-state index contributed by atoms with van der Waals surface area (Å²) in [6.45, 7) is 1.91. The molecule has 0 fully saturated rings. The van der Waals surface area contributed by atoms with Gasteiger partial charge in [-0.1, -0.05) is 29.8 Å². The van der Waals surface area contributed by atoms with Crippen molar-refractivity contribution in [2.45, 2.75) is 16.8 Å². The van der Waals surface area contributed by atoms with Crippen molar-refractivity contribution >= 4 is 20.7 Å². The molecule has 0 aliphatic carbocycles. The van der Waals surface area contributed by atoms with E-state index in [1.165, 1.54) is 6.33 Å². The molecule has 0 N–H and O–H groups in total. The minimum atomic E-state index is -3.63. The van der Waals surface area contributed by atoms with Crippen LogP contribution in [0.2, 0.25) is 0 Å². The van der Waals surface area contributed by atoms with E-state index in [9.17, 15) is 8.42 Å². The van der Waals surface area contributed by atoms with Gasteiger partial charge in [0.05, 0.1) is 10.4 Å². The van der Waals surface area contributed by atoms with Crippen molar-refractivity contribution < 1.29 is 8.42 Å². The lowest BCUT2D eigenvalue weighted by atomic mass is 10.2. The van der Waals surface area contributed by atoms with Crippen LogP contribution in [0.15, 0.2) is 64.8 Å². The Bertz CT molecular complexity index is 867. The quantitative estimate of drug-likeness (QED) is 0.679. The molecule has 0 radical (unpaired) electrons. The van der Waals surface area contributed by atoms with E-state index >= 15 is 0 Å². The number of hydrogen-bond donors (Lipinski definition) is 0. The van der Waals surface area contributed by atoms with Gasteiger partial charge in [0.1, 0.15) is 6.33 Å². The van der Waals surface area contributed by atoms with Crippen molar-refractivity contribution in [2.24, 2.45) is 0 Å². The Morgan fingerprint density at radius 2 is 1.60 bits per heavy atom. The molecule has 2 aromatic carbocycles. The monoisotopic (exact) mass is 284 g/mol. The third kappa shape index (κ3) is 2.06. The zero-order valence-corrected chi connectivity index (χ0v) is 11.6. The fourth-order valence-corrected chi connectivity index (χ4v) is 3.39. The lowest BCUT2D eigenvalue weighted by molar-refractivity contribution is 0.593. The van der Waals surface area contributed by atoms with E-state index in [1.54, 1.807) is 42.5 Å². The van der Waals surface area contributed by atoms with Gasteiger partial charge in [-0.25, -0.2) is 18.4 Å². The maximum Gasteiger partial charge on any atom is 0.224 e. The number of aryl methyl sites for hydroxylation is 1. The van der Waals surface area contributed by atoms with Gasteiger partial charge in [0, 0.05) is 5.39 Å². The van der Waals surface area contributed by atoms with Crippen LogP contribution in [0.4, 0.5) is 0 Å². The van der Waals surface area contributed by atoms with Crippen molar-refractivity contribution in [1.82, 2.24) is 9.97 Å². The minimum absolute atomic E-state index is 0.0481. The Labute approximate surface area is 117 Å². The van der Waals surface area contributed by atoms with Gasteiger partial charge in [0.25, 0.3) is 0 Å². The second-order valence-electron chi connectivity index (χ2n) is 4.51. The molecular weight excluding hydrogens is 272 g/mol. The SMILES string of the molecule is Cc1ccc(S(=O)(=O)c2ncnc3ccccc23)cc1. The fourth-order valence-electron chi connectivity index (χ4n) is 2.02. The molecule has 1 aromatic heterocycles. The molecule has 0 saturated heterocycles. The first-order chi connectivity index (χ1) is 9.59. The zero-order valence-electron chi connectivity index (χ0n) is 10.8. The molecule has 0 amide bonds. The number of hydrogen-bond acceptors (Lipinski definition) is 4. The number of sulfone groups is 1. The van der Waals surface area contributed by atoms with E-state index in [4.69, 9.17) is 0 Å². The van der Waals surface area contributed by atoms with Crippen molar-refractivity contribution in [3.63, 3.8) is 0 Å². The minimum Gasteiger partial charge on any atom is -0.236 e. The highest BCUT2D eigenvalue weighted by Crippen LogP contribution is 2.25. The summed E-state index contributed by atoms with van der Waals surface area (Å²) >= 11 is 0. The first-order valence-electron chi connectivity index (χ1n) is 6.10. The molecule has 0 unspecified atom stereocenters. The van der Waals surface area contributed by atoms with E-state index in [0.29, 0.717) is 10.9 Å². The van der Waals surface area contributed by atoms with Crippen molar-refractivity contribution in [2.75, 3.05) is 0 Å². The van der Waals surface area contributed by atoms with Crippen LogP contribution in [0.3, 0.4) is 0 Å². The summed E-state index contributed by atoms with van der Waals surface area (Å²) in [4.78, 5) is 8.31. The molecule has 5 heteroatoms. The number of para-hydroxylation sites is 1. The average molecular weight is 284 g/mol. The standard InChI is InChI=1S/C15H12N2O2S/c1-11-6-8-12(9-7-11)20(18,19)15-13-4-2-3-5-14(13)16-10-17-15/h2-10H,1H3. The summed E-state index contributed by atoms with van der Waals surface area (Å²) in [5.74, 6) is 0. The van der Waals surface area contributed by atoms with Gasteiger partial charge < -0.3 is 0 Å². The van der Waals surface area contributed by atoms with Gasteiger partial charge in [-0.3, -0.25) is 0 Å². The maximum absolute atomic E-state index is 12.7. The first-order valence-corrected chi connectivity index (χ1v) is 7.59. The van der Waals surface area contributed by atoms with Gasteiger partial charge >= 0.3 is 0 Å². The van der Waals surface area contributed by atoms with Gasteiger partial charge in [-0.05, 0) is 31.2 Å². The van der Waals surface area contributed by atoms with Crippen molar-refractivity contribution in [3.8, 4) is 0 Å².